The van der Waals surface area contributed by atoms with Crippen LogP contribution in [0.4, 0.5) is 0 Å². The Morgan fingerprint density at radius 3 is 1.53 bits per heavy atom. The second-order valence-corrected chi connectivity index (χ2v) is 16.6. The molecule has 2 aliphatic rings. The highest BCUT2D eigenvalue weighted by atomic mass is 15.0. The SMILES string of the molecule is CC=CC1=CC(C)(C)c2cc3c4cc(-c5ccc6c(c5)c5cc7c(cc5n6-c5ccccc5)-c5ccccc5C7(C)C)ccc4n(-c4ccccc4)c3cc21. The van der Waals surface area contributed by atoms with E-state index in [2.05, 4.69) is 208 Å². The van der Waals surface area contributed by atoms with Crippen LogP contribution in [0.2, 0.25) is 0 Å². The zero-order valence-electron chi connectivity index (χ0n) is 32.0. The Kier molecular flexibility index (Phi) is 6.60. The molecule has 0 aliphatic heterocycles. The Morgan fingerprint density at radius 1 is 0.436 bits per heavy atom. The minimum absolute atomic E-state index is 0.0503. The van der Waals surface area contributed by atoms with E-state index in [1.807, 2.05) is 0 Å². The second kappa shape index (κ2) is 11.3. The van der Waals surface area contributed by atoms with Gasteiger partial charge < -0.3 is 9.13 Å². The lowest BCUT2D eigenvalue weighted by molar-refractivity contribution is 0.661. The van der Waals surface area contributed by atoms with Crippen LogP contribution in [0.5, 0.6) is 0 Å². The van der Waals surface area contributed by atoms with Crippen LogP contribution in [0.3, 0.4) is 0 Å². The number of para-hydroxylation sites is 2. The van der Waals surface area contributed by atoms with Crippen molar-refractivity contribution < 1.29 is 0 Å². The highest BCUT2D eigenvalue weighted by Crippen LogP contribution is 2.51. The lowest BCUT2D eigenvalue weighted by Crippen LogP contribution is -2.14. The summed E-state index contributed by atoms with van der Waals surface area (Å²) in [5.41, 5.74) is 19.1. The van der Waals surface area contributed by atoms with Gasteiger partial charge in [0.2, 0.25) is 0 Å². The minimum Gasteiger partial charge on any atom is -0.309 e. The zero-order chi connectivity index (χ0) is 37.2. The number of allylic oxidation sites excluding steroid dienone is 4. The number of hydrogen-bond acceptors (Lipinski definition) is 0. The first-order valence-electron chi connectivity index (χ1n) is 19.6. The van der Waals surface area contributed by atoms with E-state index in [1.54, 1.807) is 0 Å². The summed E-state index contributed by atoms with van der Waals surface area (Å²) < 4.78 is 4.90. The molecule has 0 amide bonds. The van der Waals surface area contributed by atoms with Gasteiger partial charge in [0.05, 0.1) is 22.1 Å². The molecule has 0 saturated heterocycles. The number of fused-ring (bicyclic) bond motifs is 10. The molecule has 0 bridgehead atoms. The standard InChI is InChI=1S/C53H42N2/c1-6-15-35-32-52(2,3)46-28-43-41-26-33(22-24-48(41)54(50(43)30-39(35)46)36-16-9-7-10-17-36)34-23-25-49-42(27-34)44-29-47-40(38-20-13-14-21-45(38)53(47,4)5)31-51(44)55(49)37-18-11-8-12-19-37/h6-32H,1-5H3. The number of rotatable bonds is 4. The van der Waals surface area contributed by atoms with Crippen LogP contribution in [0.25, 0.3) is 82.8 Å². The molecule has 264 valence electrons. The van der Waals surface area contributed by atoms with Crippen LogP contribution in [0.1, 0.15) is 56.9 Å². The summed E-state index contributed by atoms with van der Waals surface area (Å²) in [6.07, 6.45) is 6.83. The minimum atomic E-state index is -0.0746. The van der Waals surface area contributed by atoms with Gasteiger partial charge in [0.25, 0.3) is 0 Å². The predicted molar refractivity (Wildman–Crippen MR) is 234 cm³/mol. The molecule has 11 rings (SSSR count). The van der Waals surface area contributed by atoms with Gasteiger partial charge in [-0.25, -0.2) is 0 Å². The molecule has 0 fully saturated rings. The Bertz CT molecular complexity index is 3130. The van der Waals surface area contributed by atoms with Gasteiger partial charge in [-0.2, -0.15) is 0 Å². The first-order chi connectivity index (χ1) is 26.7. The maximum atomic E-state index is 2.49. The van der Waals surface area contributed by atoms with Gasteiger partial charge in [-0.15, -0.1) is 0 Å². The van der Waals surface area contributed by atoms with E-state index < -0.39 is 0 Å². The van der Waals surface area contributed by atoms with Crippen molar-refractivity contribution in [2.45, 2.75) is 45.4 Å². The first-order valence-corrected chi connectivity index (χ1v) is 19.6. The Labute approximate surface area is 322 Å². The van der Waals surface area contributed by atoms with Gasteiger partial charge in [0.1, 0.15) is 0 Å². The van der Waals surface area contributed by atoms with Crippen LogP contribution in [-0.4, -0.2) is 9.13 Å². The third-order valence-electron chi connectivity index (χ3n) is 12.6. The maximum absolute atomic E-state index is 2.49. The van der Waals surface area contributed by atoms with Gasteiger partial charge in [-0.3, -0.25) is 0 Å². The molecule has 0 radical (unpaired) electrons. The summed E-state index contributed by atoms with van der Waals surface area (Å²) in [5, 5.41) is 5.14. The van der Waals surface area contributed by atoms with Crippen molar-refractivity contribution in [2.75, 3.05) is 0 Å². The van der Waals surface area contributed by atoms with E-state index in [9.17, 15) is 0 Å². The molecule has 0 spiro atoms. The second-order valence-electron chi connectivity index (χ2n) is 16.6. The van der Waals surface area contributed by atoms with Crippen molar-refractivity contribution in [3.63, 3.8) is 0 Å². The smallest absolute Gasteiger partial charge is 0.0547 e. The molecule has 2 heteroatoms. The summed E-state index contributed by atoms with van der Waals surface area (Å²) in [7, 11) is 0. The summed E-state index contributed by atoms with van der Waals surface area (Å²) in [6, 6.07) is 54.6. The van der Waals surface area contributed by atoms with Crippen LogP contribution >= 0.6 is 0 Å². The quantitative estimate of drug-likeness (QED) is 0.172. The van der Waals surface area contributed by atoms with E-state index in [-0.39, 0.29) is 10.8 Å². The number of aromatic nitrogens is 2. The number of nitrogens with zero attached hydrogens (tertiary/aromatic N) is 2. The molecule has 0 unspecified atom stereocenters. The third-order valence-corrected chi connectivity index (χ3v) is 12.6. The highest BCUT2D eigenvalue weighted by Gasteiger charge is 2.36. The molecule has 2 nitrogen and oxygen atoms in total. The fourth-order valence-corrected chi connectivity index (χ4v) is 9.98. The number of hydrogen-bond donors (Lipinski definition) is 0. The van der Waals surface area contributed by atoms with Crippen molar-refractivity contribution >= 4 is 49.2 Å². The van der Waals surface area contributed by atoms with Crippen LogP contribution in [-0.2, 0) is 10.8 Å². The van der Waals surface area contributed by atoms with Crippen LogP contribution in [0.15, 0.2) is 164 Å². The van der Waals surface area contributed by atoms with Gasteiger partial charge in [-0.1, -0.05) is 119 Å². The molecular weight excluding hydrogens is 665 g/mol. The molecule has 0 N–H and O–H groups in total. The average Bonchev–Trinajstić information content (AvgIpc) is 3.86. The summed E-state index contributed by atoms with van der Waals surface area (Å²) in [6.45, 7) is 11.5. The van der Waals surface area contributed by atoms with Crippen molar-refractivity contribution in [3.05, 3.63) is 186 Å². The van der Waals surface area contributed by atoms with Gasteiger partial charge in [0.15, 0.2) is 0 Å². The van der Waals surface area contributed by atoms with Crippen molar-refractivity contribution in [1.82, 2.24) is 9.13 Å². The lowest BCUT2D eigenvalue weighted by Gasteiger charge is -2.21. The molecule has 2 heterocycles. The third kappa shape index (κ3) is 4.49. The first kappa shape index (κ1) is 32.1. The molecule has 55 heavy (non-hydrogen) atoms. The maximum Gasteiger partial charge on any atom is 0.0547 e. The van der Waals surface area contributed by atoms with E-state index >= 15 is 0 Å². The van der Waals surface area contributed by atoms with Crippen molar-refractivity contribution in [1.29, 1.82) is 0 Å². The Balaban J connectivity index is 1.16. The monoisotopic (exact) mass is 706 g/mol. The molecule has 2 aromatic heterocycles. The molecule has 7 aromatic carbocycles. The van der Waals surface area contributed by atoms with Gasteiger partial charge >= 0.3 is 0 Å². The van der Waals surface area contributed by atoms with Gasteiger partial charge in [0, 0.05) is 43.7 Å². The van der Waals surface area contributed by atoms with Gasteiger partial charge in [-0.05, 0) is 130 Å². The molecular formula is C53H42N2. The average molecular weight is 707 g/mol. The Morgan fingerprint density at radius 2 is 0.945 bits per heavy atom. The molecule has 0 saturated carbocycles. The van der Waals surface area contributed by atoms with E-state index in [0.29, 0.717) is 0 Å². The summed E-state index contributed by atoms with van der Waals surface area (Å²) >= 11 is 0. The van der Waals surface area contributed by atoms with Crippen LogP contribution < -0.4 is 0 Å². The molecule has 2 aliphatic carbocycles. The van der Waals surface area contributed by atoms with E-state index in [4.69, 9.17) is 0 Å². The number of benzene rings is 7. The normalized spacial score (nSPS) is 15.3. The zero-order valence-corrected chi connectivity index (χ0v) is 32.0. The predicted octanol–water partition coefficient (Wildman–Crippen LogP) is 14.1. The largest absolute Gasteiger partial charge is 0.309 e. The van der Waals surface area contributed by atoms with Crippen molar-refractivity contribution in [3.8, 4) is 33.6 Å². The fraction of sp³-hybridized carbons (Fsp3) is 0.132. The summed E-state index contributed by atoms with van der Waals surface area (Å²) in [4.78, 5) is 0. The van der Waals surface area contributed by atoms with E-state index in [0.717, 1.165) is 0 Å². The fourth-order valence-electron chi connectivity index (χ4n) is 9.98. The highest BCUT2D eigenvalue weighted by molar-refractivity contribution is 6.14. The Hall–Kier alpha value is -6.38. The molecule has 0 atom stereocenters. The topological polar surface area (TPSA) is 9.86 Å². The summed E-state index contributed by atoms with van der Waals surface area (Å²) in [5.74, 6) is 0. The molecule has 9 aromatic rings. The van der Waals surface area contributed by atoms with Crippen LogP contribution in [0, 0.1) is 0 Å². The van der Waals surface area contributed by atoms with E-state index in [1.165, 1.54) is 105 Å². The lowest BCUT2D eigenvalue weighted by atomic mass is 9.82. The van der Waals surface area contributed by atoms with Crippen molar-refractivity contribution in [2.24, 2.45) is 0 Å².